The van der Waals surface area contributed by atoms with Gasteiger partial charge in [-0.05, 0) is 25.7 Å². The fourth-order valence-corrected chi connectivity index (χ4v) is 5.90. The van der Waals surface area contributed by atoms with Crippen molar-refractivity contribution in [3.63, 3.8) is 0 Å². The average molecular weight is 505 g/mol. The molecule has 0 N–H and O–H groups in total. The first-order chi connectivity index (χ1) is 17.8. The Balaban J connectivity index is 2.01. The number of hydrogen-bond donors (Lipinski definition) is 0. The van der Waals surface area contributed by atoms with Crippen LogP contribution in [0.5, 0.6) is 0 Å². The largest absolute Gasteiger partial charge is 0.356 e. The summed E-state index contributed by atoms with van der Waals surface area (Å²) in [6.07, 6.45) is 42.6. The van der Waals surface area contributed by atoms with E-state index in [9.17, 15) is 0 Å². The van der Waals surface area contributed by atoms with Gasteiger partial charge < -0.3 is 9.80 Å². The van der Waals surface area contributed by atoms with Crippen LogP contribution >= 0.6 is 0 Å². The van der Waals surface area contributed by atoms with E-state index in [2.05, 4.69) is 43.0 Å². The van der Waals surface area contributed by atoms with Gasteiger partial charge in [-0.25, -0.2) is 0 Å². The third kappa shape index (κ3) is 18.6. The maximum absolute atomic E-state index is 2.67. The van der Waals surface area contributed by atoms with E-state index in [4.69, 9.17) is 0 Å². The van der Waals surface area contributed by atoms with E-state index < -0.39 is 0 Å². The molecule has 1 rings (SSSR count). The van der Waals surface area contributed by atoms with Crippen molar-refractivity contribution in [3.8, 4) is 0 Å². The summed E-state index contributed by atoms with van der Waals surface area (Å²) in [7, 11) is 0. The topological polar surface area (TPSA) is 6.48 Å². The molecule has 2 heteroatoms. The highest BCUT2D eigenvalue weighted by Crippen LogP contribution is 2.23. The number of hydrogen-bond acceptors (Lipinski definition) is 2. The molecule has 0 amide bonds. The SMILES string of the molecule is CCCCCCCCCCCCCCCCCC1N(CCC)C=CN1CCCCCCCCCCC. The smallest absolute Gasteiger partial charge is 0.101 e. The highest BCUT2D eigenvalue weighted by atomic mass is 15.4. The van der Waals surface area contributed by atoms with Crippen molar-refractivity contribution in [2.24, 2.45) is 0 Å². The third-order valence-electron chi connectivity index (χ3n) is 8.28. The van der Waals surface area contributed by atoms with Gasteiger partial charge in [0, 0.05) is 25.5 Å². The lowest BCUT2D eigenvalue weighted by Gasteiger charge is -2.33. The Morgan fingerprint density at radius 1 is 0.361 bits per heavy atom. The summed E-state index contributed by atoms with van der Waals surface area (Å²) in [5.41, 5.74) is 0. The van der Waals surface area contributed by atoms with E-state index in [0.717, 1.165) is 0 Å². The van der Waals surface area contributed by atoms with Crippen LogP contribution in [-0.2, 0) is 0 Å². The van der Waals surface area contributed by atoms with Gasteiger partial charge in [-0.15, -0.1) is 0 Å². The van der Waals surface area contributed by atoms with Crippen molar-refractivity contribution in [1.29, 1.82) is 0 Å². The quantitative estimate of drug-likeness (QED) is 0.0977. The summed E-state index contributed by atoms with van der Waals surface area (Å²) in [5, 5.41) is 0. The second-order valence-electron chi connectivity index (χ2n) is 11.8. The average Bonchev–Trinajstić information content (AvgIpc) is 3.26. The van der Waals surface area contributed by atoms with Crippen LogP contribution in [0.1, 0.15) is 188 Å². The predicted molar refractivity (Wildman–Crippen MR) is 163 cm³/mol. The van der Waals surface area contributed by atoms with E-state index in [1.807, 2.05) is 0 Å². The van der Waals surface area contributed by atoms with Gasteiger partial charge >= 0.3 is 0 Å². The minimum absolute atomic E-state index is 0.640. The molecule has 36 heavy (non-hydrogen) atoms. The van der Waals surface area contributed by atoms with Crippen molar-refractivity contribution in [3.05, 3.63) is 12.4 Å². The minimum Gasteiger partial charge on any atom is -0.356 e. The molecule has 0 aromatic carbocycles. The van der Waals surface area contributed by atoms with E-state index in [1.54, 1.807) is 0 Å². The van der Waals surface area contributed by atoms with Crippen LogP contribution in [0.15, 0.2) is 12.4 Å². The van der Waals surface area contributed by atoms with Crippen molar-refractivity contribution >= 4 is 0 Å². The van der Waals surface area contributed by atoms with Crippen molar-refractivity contribution in [2.75, 3.05) is 13.1 Å². The molecule has 0 bridgehead atoms. The molecule has 0 aromatic rings. The van der Waals surface area contributed by atoms with Gasteiger partial charge in [0.25, 0.3) is 0 Å². The van der Waals surface area contributed by atoms with Crippen LogP contribution in [-0.4, -0.2) is 29.1 Å². The molecule has 0 aliphatic carbocycles. The zero-order valence-electron chi connectivity index (χ0n) is 25.4. The standard InChI is InChI=1S/C34H68N2/c1-4-7-9-11-13-15-16-17-18-19-20-21-23-25-27-29-34-35(30-6-3)32-33-36(34)31-28-26-24-22-14-12-10-8-5-2/h32-34H,4-31H2,1-3H3. The van der Waals surface area contributed by atoms with Crippen LogP contribution in [0.25, 0.3) is 0 Å². The Morgan fingerprint density at radius 3 is 1.08 bits per heavy atom. The summed E-state index contributed by atoms with van der Waals surface area (Å²) in [6, 6.07) is 0. The summed E-state index contributed by atoms with van der Waals surface area (Å²) < 4.78 is 0. The second kappa shape index (κ2) is 26.0. The van der Waals surface area contributed by atoms with Crippen LogP contribution in [0, 0.1) is 0 Å². The van der Waals surface area contributed by atoms with E-state index in [1.165, 1.54) is 180 Å². The normalized spacial score (nSPS) is 15.5. The van der Waals surface area contributed by atoms with Crippen molar-refractivity contribution in [1.82, 2.24) is 9.80 Å². The molecule has 1 heterocycles. The molecule has 0 aromatic heterocycles. The second-order valence-corrected chi connectivity index (χ2v) is 11.8. The summed E-state index contributed by atoms with van der Waals surface area (Å²) >= 11 is 0. The van der Waals surface area contributed by atoms with Gasteiger partial charge in [-0.1, -0.05) is 162 Å². The molecular weight excluding hydrogens is 436 g/mol. The fourth-order valence-electron chi connectivity index (χ4n) is 5.90. The molecule has 2 nitrogen and oxygen atoms in total. The van der Waals surface area contributed by atoms with Gasteiger partial charge in [0.15, 0.2) is 0 Å². The fraction of sp³-hybridized carbons (Fsp3) is 0.941. The number of nitrogens with zero attached hydrogens (tertiary/aromatic N) is 2. The van der Waals surface area contributed by atoms with Crippen LogP contribution in [0.3, 0.4) is 0 Å². The molecule has 0 saturated carbocycles. The first-order valence-electron chi connectivity index (χ1n) is 17.0. The molecular formula is C34H68N2. The molecule has 0 saturated heterocycles. The third-order valence-corrected chi connectivity index (χ3v) is 8.28. The molecule has 1 aliphatic heterocycles. The summed E-state index contributed by atoms with van der Waals surface area (Å²) in [5.74, 6) is 0. The molecule has 0 radical (unpaired) electrons. The summed E-state index contributed by atoms with van der Waals surface area (Å²) in [4.78, 5) is 5.29. The molecule has 1 unspecified atom stereocenters. The first kappa shape index (κ1) is 33.4. The van der Waals surface area contributed by atoms with E-state index in [0.29, 0.717) is 6.17 Å². The monoisotopic (exact) mass is 505 g/mol. The molecule has 1 atom stereocenters. The lowest BCUT2D eigenvalue weighted by molar-refractivity contribution is 0.137. The highest BCUT2D eigenvalue weighted by Gasteiger charge is 2.24. The van der Waals surface area contributed by atoms with E-state index >= 15 is 0 Å². The van der Waals surface area contributed by atoms with Gasteiger partial charge in [0.1, 0.15) is 6.17 Å². The Bertz CT molecular complexity index is 460. The molecule has 0 spiro atoms. The number of rotatable bonds is 28. The molecule has 1 aliphatic rings. The maximum atomic E-state index is 2.67. The van der Waals surface area contributed by atoms with E-state index in [-0.39, 0.29) is 0 Å². The zero-order valence-corrected chi connectivity index (χ0v) is 25.4. The van der Waals surface area contributed by atoms with Crippen LogP contribution in [0.4, 0.5) is 0 Å². The zero-order chi connectivity index (χ0) is 25.9. The lowest BCUT2D eigenvalue weighted by atomic mass is 10.0. The first-order valence-corrected chi connectivity index (χ1v) is 17.0. The van der Waals surface area contributed by atoms with Gasteiger partial charge in [0.2, 0.25) is 0 Å². The highest BCUT2D eigenvalue weighted by molar-refractivity contribution is 4.96. The minimum atomic E-state index is 0.640. The Hall–Kier alpha value is -0.660. The van der Waals surface area contributed by atoms with Crippen LogP contribution in [0.2, 0.25) is 0 Å². The van der Waals surface area contributed by atoms with Crippen molar-refractivity contribution < 1.29 is 0 Å². The number of unbranched alkanes of at least 4 members (excludes halogenated alkanes) is 22. The Labute approximate surface area is 229 Å². The van der Waals surface area contributed by atoms with Gasteiger partial charge in [-0.2, -0.15) is 0 Å². The lowest BCUT2D eigenvalue weighted by Crippen LogP contribution is -2.39. The molecule has 0 fully saturated rings. The molecule has 214 valence electrons. The van der Waals surface area contributed by atoms with Gasteiger partial charge in [0.05, 0.1) is 0 Å². The maximum Gasteiger partial charge on any atom is 0.101 e. The van der Waals surface area contributed by atoms with Gasteiger partial charge in [-0.3, -0.25) is 0 Å². The van der Waals surface area contributed by atoms with Crippen molar-refractivity contribution in [2.45, 2.75) is 194 Å². The summed E-state index contributed by atoms with van der Waals surface area (Å²) in [6.45, 7) is 9.41. The Morgan fingerprint density at radius 2 is 0.694 bits per heavy atom. The predicted octanol–water partition coefficient (Wildman–Crippen LogP) is 11.6. The van der Waals surface area contributed by atoms with Crippen LogP contribution < -0.4 is 0 Å². The Kier molecular flexibility index (Phi) is 24.1.